The van der Waals surface area contributed by atoms with Gasteiger partial charge in [0.1, 0.15) is 6.17 Å². The minimum absolute atomic E-state index is 0.0770. The first kappa shape index (κ1) is 9.90. The van der Waals surface area contributed by atoms with Gasteiger partial charge in [0.25, 0.3) is 5.92 Å². The second kappa shape index (κ2) is 2.69. The average molecular weight is 221 g/mol. The first-order chi connectivity index (χ1) is 6.99. The van der Waals surface area contributed by atoms with E-state index in [-0.39, 0.29) is 24.8 Å². The van der Waals surface area contributed by atoms with Crippen molar-refractivity contribution in [1.82, 2.24) is 4.90 Å². The molecule has 15 heavy (non-hydrogen) atoms. The predicted octanol–water partition coefficient (Wildman–Crippen LogP) is 0.904. The lowest BCUT2D eigenvalue weighted by Gasteiger charge is -2.23. The quantitative estimate of drug-likeness (QED) is 0.765. The molecule has 1 saturated heterocycles. The van der Waals surface area contributed by atoms with E-state index in [2.05, 4.69) is 0 Å². The summed E-state index contributed by atoms with van der Waals surface area (Å²) in [6.45, 7) is 0.925. The second-order valence-electron chi connectivity index (χ2n) is 5.29. The maximum atomic E-state index is 13.0. The smallest absolute Gasteiger partial charge is 0.258 e. The van der Waals surface area contributed by atoms with Crippen LogP contribution in [0.25, 0.3) is 0 Å². The highest BCUT2D eigenvalue weighted by molar-refractivity contribution is 5.14. The third-order valence-corrected chi connectivity index (χ3v) is 4.21. The minimum atomic E-state index is -2.72. The van der Waals surface area contributed by atoms with Crippen molar-refractivity contribution in [2.45, 2.75) is 18.5 Å². The third kappa shape index (κ3) is 1.25. The largest absolute Gasteiger partial charge is 0.396 e. The second-order valence-corrected chi connectivity index (χ2v) is 5.29. The number of aliphatic hydroxyl groups excluding tert-OH is 1. The zero-order valence-corrected chi connectivity index (χ0v) is 8.30. The van der Waals surface area contributed by atoms with E-state index in [1.807, 2.05) is 4.90 Å². The van der Waals surface area contributed by atoms with Crippen LogP contribution in [0.3, 0.4) is 0 Å². The highest BCUT2D eigenvalue weighted by Gasteiger charge is 2.72. The summed E-state index contributed by atoms with van der Waals surface area (Å²) in [7, 11) is 0. The predicted molar refractivity (Wildman–Crippen MR) is 47.4 cm³/mol. The monoisotopic (exact) mass is 221 g/mol. The number of hydrogen-bond acceptors (Lipinski definition) is 2. The van der Waals surface area contributed by atoms with Gasteiger partial charge in [0, 0.05) is 37.9 Å². The molecule has 0 aromatic heterocycles. The van der Waals surface area contributed by atoms with Crippen LogP contribution in [0.5, 0.6) is 0 Å². The van der Waals surface area contributed by atoms with Crippen molar-refractivity contribution in [2.75, 3.05) is 26.2 Å². The molecule has 0 aromatic rings. The SMILES string of the molecule is OCC1(CN2CC3C(F)C3C2)CC1(F)F. The van der Waals surface area contributed by atoms with Crippen LogP contribution in [0.2, 0.25) is 0 Å². The Balaban J connectivity index is 1.59. The molecule has 5 heteroatoms. The molecule has 1 heterocycles. The van der Waals surface area contributed by atoms with Crippen LogP contribution in [0, 0.1) is 17.3 Å². The van der Waals surface area contributed by atoms with Gasteiger partial charge < -0.3 is 10.0 Å². The fourth-order valence-electron chi connectivity index (χ4n) is 2.87. The van der Waals surface area contributed by atoms with Gasteiger partial charge in [0.2, 0.25) is 0 Å². The Morgan fingerprint density at radius 1 is 1.27 bits per heavy atom. The van der Waals surface area contributed by atoms with Crippen molar-refractivity contribution in [3.63, 3.8) is 0 Å². The normalized spacial score (nSPS) is 51.6. The number of halogens is 3. The molecule has 3 rings (SSSR count). The van der Waals surface area contributed by atoms with Crippen molar-refractivity contribution in [1.29, 1.82) is 0 Å². The first-order valence-corrected chi connectivity index (χ1v) is 5.34. The van der Waals surface area contributed by atoms with E-state index in [4.69, 9.17) is 5.11 Å². The molecule has 3 atom stereocenters. The number of piperidine rings is 1. The molecule has 3 fully saturated rings. The fraction of sp³-hybridized carbons (Fsp3) is 1.00. The van der Waals surface area contributed by atoms with Gasteiger partial charge in [-0.2, -0.15) is 0 Å². The number of nitrogens with zero attached hydrogens (tertiary/aromatic N) is 1. The minimum Gasteiger partial charge on any atom is -0.396 e. The molecule has 3 aliphatic rings. The molecule has 1 aliphatic heterocycles. The Labute approximate surface area is 86.1 Å². The lowest BCUT2D eigenvalue weighted by Crippen LogP contribution is -2.35. The van der Waals surface area contributed by atoms with E-state index in [1.54, 1.807) is 0 Å². The van der Waals surface area contributed by atoms with Crippen molar-refractivity contribution in [3.05, 3.63) is 0 Å². The van der Waals surface area contributed by atoms with Gasteiger partial charge in [0.05, 0.1) is 12.0 Å². The number of alkyl halides is 3. The van der Waals surface area contributed by atoms with E-state index in [0.717, 1.165) is 0 Å². The van der Waals surface area contributed by atoms with Crippen molar-refractivity contribution in [3.8, 4) is 0 Å². The Morgan fingerprint density at radius 3 is 2.20 bits per heavy atom. The Bertz CT molecular complexity index is 286. The number of likely N-dealkylation sites (tertiary alicyclic amines) is 1. The molecule has 0 amide bonds. The van der Waals surface area contributed by atoms with Crippen LogP contribution in [0.1, 0.15) is 6.42 Å². The van der Waals surface area contributed by atoms with Gasteiger partial charge in [-0.05, 0) is 0 Å². The van der Waals surface area contributed by atoms with Gasteiger partial charge in [-0.3, -0.25) is 0 Å². The molecule has 0 radical (unpaired) electrons. The molecule has 0 bridgehead atoms. The van der Waals surface area contributed by atoms with Crippen molar-refractivity contribution >= 4 is 0 Å². The average Bonchev–Trinajstić information content (AvgIpc) is 2.85. The molecule has 2 aliphatic carbocycles. The topological polar surface area (TPSA) is 23.5 Å². The summed E-state index contributed by atoms with van der Waals surface area (Å²) < 4.78 is 38.9. The number of fused-ring (bicyclic) bond motifs is 1. The summed E-state index contributed by atoms with van der Waals surface area (Å²) in [5.41, 5.74) is -1.23. The Kier molecular flexibility index (Phi) is 1.77. The van der Waals surface area contributed by atoms with Gasteiger partial charge in [-0.15, -0.1) is 0 Å². The van der Waals surface area contributed by atoms with Crippen molar-refractivity contribution in [2.24, 2.45) is 17.3 Å². The highest BCUT2D eigenvalue weighted by Crippen LogP contribution is 2.61. The van der Waals surface area contributed by atoms with Gasteiger partial charge in [-0.1, -0.05) is 0 Å². The van der Waals surface area contributed by atoms with Crippen LogP contribution < -0.4 is 0 Å². The highest BCUT2D eigenvalue weighted by atomic mass is 19.3. The van der Waals surface area contributed by atoms with Crippen molar-refractivity contribution < 1.29 is 18.3 Å². The fourth-order valence-corrected chi connectivity index (χ4v) is 2.87. The number of rotatable bonds is 3. The standard InChI is InChI=1S/C10H14F3NO/c11-8-6-1-14(2-7(6)8)4-9(5-15)3-10(9,12)13/h6-8,15H,1-5H2. The summed E-state index contributed by atoms with van der Waals surface area (Å²) in [6, 6.07) is 0. The summed E-state index contributed by atoms with van der Waals surface area (Å²) in [5, 5.41) is 9.00. The Hall–Kier alpha value is -0.290. The van der Waals surface area contributed by atoms with Gasteiger partial charge in [-0.25, -0.2) is 13.2 Å². The van der Waals surface area contributed by atoms with E-state index >= 15 is 0 Å². The van der Waals surface area contributed by atoms with E-state index < -0.39 is 24.1 Å². The maximum absolute atomic E-state index is 13.0. The summed E-state index contributed by atoms with van der Waals surface area (Å²) in [6.07, 6.45) is -0.924. The summed E-state index contributed by atoms with van der Waals surface area (Å²) in [4.78, 5) is 1.88. The molecule has 3 unspecified atom stereocenters. The van der Waals surface area contributed by atoms with Gasteiger partial charge in [0.15, 0.2) is 0 Å². The van der Waals surface area contributed by atoms with Crippen LogP contribution in [0.4, 0.5) is 13.2 Å². The lowest BCUT2D eigenvalue weighted by atomic mass is 10.1. The van der Waals surface area contributed by atoms with E-state index in [1.165, 1.54) is 0 Å². The zero-order valence-electron chi connectivity index (χ0n) is 8.30. The van der Waals surface area contributed by atoms with Crippen LogP contribution in [-0.4, -0.2) is 48.3 Å². The molecular formula is C10H14F3NO. The van der Waals surface area contributed by atoms with Gasteiger partial charge >= 0.3 is 0 Å². The lowest BCUT2D eigenvalue weighted by molar-refractivity contribution is 0.0193. The number of aliphatic hydroxyl groups is 1. The van der Waals surface area contributed by atoms with E-state index in [9.17, 15) is 13.2 Å². The Morgan fingerprint density at radius 2 is 1.80 bits per heavy atom. The van der Waals surface area contributed by atoms with Crippen LogP contribution >= 0.6 is 0 Å². The molecular weight excluding hydrogens is 207 g/mol. The van der Waals surface area contributed by atoms with Crippen LogP contribution in [0.15, 0.2) is 0 Å². The molecule has 0 spiro atoms. The molecule has 0 aromatic carbocycles. The molecule has 1 N–H and O–H groups in total. The number of hydrogen-bond donors (Lipinski definition) is 1. The molecule has 86 valence electrons. The summed E-state index contributed by atoms with van der Waals surface area (Å²) >= 11 is 0. The molecule has 2 nitrogen and oxygen atoms in total. The molecule has 2 saturated carbocycles. The zero-order chi connectivity index (χ0) is 10.8. The first-order valence-electron chi connectivity index (χ1n) is 5.34. The summed E-state index contributed by atoms with van der Waals surface area (Å²) in [5.74, 6) is -2.56. The third-order valence-electron chi connectivity index (χ3n) is 4.21. The van der Waals surface area contributed by atoms with Crippen LogP contribution in [-0.2, 0) is 0 Å². The maximum Gasteiger partial charge on any atom is 0.258 e. The van der Waals surface area contributed by atoms with E-state index in [0.29, 0.717) is 13.1 Å².